The van der Waals surface area contributed by atoms with Crippen molar-refractivity contribution in [3.05, 3.63) is 66.0 Å². The van der Waals surface area contributed by atoms with Crippen molar-refractivity contribution in [2.75, 3.05) is 17.2 Å². The van der Waals surface area contributed by atoms with Gasteiger partial charge in [-0.2, -0.15) is 19.6 Å². The van der Waals surface area contributed by atoms with Crippen LogP contribution in [-0.2, 0) is 13.0 Å². The predicted molar refractivity (Wildman–Crippen MR) is 122 cm³/mol. The Morgan fingerprint density at radius 2 is 1.90 bits per heavy atom. The highest BCUT2D eigenvalue weighted by atomic mass is 16.3. The minimum atomic E-state index is -0.0950. The van der Waals surface area contributed by atoms with Gasteiger partial charge in [0.25, 0.3) is 0 Å². The molecule has 0 amide bonds. The van der Waals surface area contributed by atoms with Gasteiger partial charge in [-0.1, -0.05) is 44.2 Å². The Hall–Kier alpha value is -3.52. The van der Waals surface area contributed by atoms with E-state index in [-0.39, 0.29) is 12.6 Å². The topological polar surface area (TPSA) is 100 Å². The molecule has 3 heterocycles. The first-order valence-corrected chi connectivity index (χ1v) is 10.6. The zero-order valence-corrected chi connectivity index (χ0v) is 17.8. The molecule has 31 heavy (non-hydrogen) atoms. The third-order valence-corrected chi connectivity index (χ3v) is 5.23. The molecule has 0 aliphatic carbocycles. The second-order valence-electron chi connectivity index (χ2n) is 7.33. The van der Waals surface area contributed by atoms with E-state index in [1.54, 1.807) is 10.7 Å². The van der Waals surface area contributed by atoms with Gasteiger partial charge in [0.2, 0.25) is 11.9 Å². The number of pyridine rings is 1. The van der Waals surface area contributed by atoms with E-state index in [1.807, 2.05) is 31.3 Å². The Kier molecular flexibility index (Phi) is 6.37. The molecule has 1 aromatic carbocycles. The first kappa shape index (κ1) is 20.7. The second-order valence-corrected chi connectivity index (χ2v) is 7.33. The van der Waals surface area contributed by atoms with Crippen LogP contribution in [0.1, 0.15) is 31.4 Å². The Morgan fingerprint density at radius 3 is 2.58 bits per heavy atom. The fourth-order valence-electron chi connectivity index (χ4n) is 3.32. The molecule has 3 N–H and O–H groups in total. The lowest BCUT2D eigenvalue weighted by molar-refractivity contribution is 0.271. The number of fused-ring (bicyclic) bond motifs is 1. The monoisotopic (exact) mass is 417 g/mol. The van der Waals surface area contributed by atoms with Gasteiger partial charge in [-0.05, 0) is 30.5 Å². The number of nitrogens with one attached hydrogen (secondary N) is 2. The lowest BCUT2D eigenvalue weighted by atomic mass is 10.1. The van der Waals surface area contributed by atoms with Crippen molar-refractivity contribution in [2.45, 2.75) is 39.3 Å². The number of hydrogen-bond acceptors (Lipinski definition) is 7. The minimum Gasteiger partial charge on any atom is -0.394 e. The number of benzene rings is 1. The number of aromatic nitrogens is 5. The maximum Gasteiger partial charge on any atom is 0.229 e. The number of aliphatic hydroxyl groups excluding tert-OH is 1. The largest absolute Gasteiger partial charge is 0.394 e. The van der Waals surface area contributed by atoms with Crippen LogP contribution < -0.4 is 10.6 Å². The average Bonchev–Trinajstić information content (AvgIpc) is 3.25. The van der Waals surface area contributed by atoms with Crippen LogP contribution in [0.25, 0.3) is 16.9 Å². The third-order valence-electron chi connectivity index (χ3n) is 5.23. The summed E-state index contributed by atoms with van der Waals surface area (Å²) in [6.45, 7) is 4.70. The lowest BCUT2D eigenvalue weighted by Crippen LogP contribution is -2.24. The van der Waals surface area contributed by atoms with Crippen LogP contribution in [-0.4, -0.2) is 42.3 Å². The van der Waals surface area contributed by atoms with Crippen molar-refractivity contribution in [3.8, 4) is 11.3 Å². The molecule has 1 unspecified atom stereocenters. The number of nitrogens with zero attached hydrogens (tertiary/aromatic N) is 5. The van der Waals surface area contributed by atoms with E-state index in [0.29, 0.717) is 18.4 Å². The Labute approximate surface area is 181 Å². The van der Waals surface area contributed by atoms with Gasteiger partial charge in [-0.3, -0.25) is 4.98 Å². The molecule has 160 valence electrons. The van der Waals surface area contributed by atoms with Gasteiger partial charge in [0.15, 0.2) is 5.65 Å². The third kappa shape index (κ3) is 4.64. The summed E-state index contributed by atoms with van der Waals surface area (Å²) in [5, 5.41) is 20.6. The maximum absolute atomic E-state index is 9.53. The summed E-state index contributed by atoms with van der Waals surface area (Å²) in [6.07, 6.45) is 5.22. The fourth-order valence-corrected chi connectivity index (χ4v) is 3.32. The van der Waals surface area contributed by atoms with Gasteiger partial charge >= 0.3 is 0 Å². The molecule has 4 rings (SSSR count). The lowest BCUT2D eigenvalue weighted by Gasteiger charge is -2.15. The Bertz CT molecular complexity index is 1120. The smallest absolute Gasteiger partial charge is 0.229 e. The van der Waals surface area contributed by atoms with E-state index < -0.39 is 0 Å². The molecule has 0 saturated heterocycles. The quantitative estimate of drug-likeness (QED) is 0.383. The van der Waals surface area contributed by atoms with Gasteiger partial charge in [0.1, 0.15) is 0 Å². The van der Waals surface area contributed by atoms with Crippen molar-refractivity contribution in [1.29, 1.82) is 0 Å². The van der Waals surface area contributed by atoms with E-state index >= 15 is 0 Å². The number of aliphatic hydroxyl groups is 1. The summed E-state index contributed by atoms with van der Waals surface area (Å²) < 4.78 is 1.73. The summed E-state index contributed by atoms with van der Waals surface area (Å²) in [5.41, 5.74) is 4.96. The summed E-state index contributed by atoms with van der Waals surface area (Å²) in [7, 11) is 0. The van der Waals surface area contributed by atoms with Crippen LogP contribution in [0.4, 0.5) is 11.9 Å². The first-order valence-electron chi connectivity index (χ1n) is 10.6. The number of hydrogen-bond donors (Lipinski definition) is 3. The molecular formula is C23H27N7O. The van der Waals surface area contributed by atoms with Crippen LogP contribution in [0, 0.1) is 0 Å². The second kappa shape index (κ2) is 9.53. The van der Waals surface area contributed by atoms with E-state index in [4.69, 9.17) is 0 Å². The summed E-state index contributed by atoms with van der Waals surface area (Å²) >= 11 is 0. The molecule has 8 heteroatoms. The van der Waals surface area contributed by atoms with Crippen molar-refractivity contribution < 1.29 is 5.11 Å². The molecule has 0 bridgehead atoms. The standard InChI is InChI=1S/C23H27N7O/c1-3-17-14-26-30-21(17)28-22(27-19(4-2)15-31)29-23(30)25-13-16-8-10-18(11-9-16)20-7-5-6-12-24-20/h5-12,14,19,31H,3-4,13,15H2,1-2H3,(H2,25,27,28,29). The van der Waals surface area contributed by atoms with Crippen LogP contribution in [0.3, 0.4) is 0 Å². The van der Waals surface area contributed by atoms with Gasteiger partial charge in [-0.15, -0.1) is 0 Å². The highest BCUT2D eigenvalue weighted by Gasteiger charge is 2.14. The van der Waals surface area contributed by atoms with E-state index in [0.717, 1.165) is 40.9 Å². The van der Waals surface area contributed by atoms with Crippen molar-refractivity contribution in [2.24, 2.45) is 0 Å². The van der Waals surface area contributed by atoms with Crippen LogP contribution >= 0.6 is 0 Å². The molecule has 0 radical (unpaired) electrons. The SMILES string of the molecule is CCc1cnn2c(NCc3ccc(-c4ccccn4)cc3)nc(NC(CC)CO)nc12. The molecule has 0 saturated carbocycles. The fraction of sp³-hybridized carbons (Fsp3) is 0.304. The molecule has 1 atom stereocenters. The van der Waals surface area contributed by atoms with Gasteiger partial charge < -0.3 is 15.7 Å². The van der Waals surface area contributed by atoms with Gasteiger partial charge in [0.05, 0.1) is 24.5 Å². The molecule has 0 aliphatic rings. The summed E-state index contributed by atoms with van der Waals surface area (Å²) in [6, 6.07) is 14.1. The highest BCUT2D eigenvalue weighted by Crippen LogP contribution is 2.19. The number of anilines is 2. The number of rotatable bonds is 9. The maximum atomic E-state index is 9.53. The van der Waals surface area contributed by atoms with Crippen molar-refractivity contribution in [3.63, 3.8) is 0 Å². The molecular weight excluding hydrogens is 390 g/mol. The average molecular weight is 418 g/mol. The van der Waals surface area contributed by atoms with Gasteiger partial charge in [-0.25, -0.2) is 0 Å². The van der Waals surface area contributed by atoms with E-state index in [9.17, 15) is 5.11 Å². The first-order chi connectivity index (χ1) is 15.2. The summed E-state index contributed by atoms with van der Waals surface area (Å²) in [4.78, 5) is 13.6. The van der Waals surface area contributed by atoms with Crippen molar-refractivity contribution in [1.82, 2.24) is 24.6 Å². The molecule has 3 aromatic heterocycles. The molecule has 0 fully saturated rings. The molecule has 4 aromatic rings. The molecule has 0 aliphatic heterocycles. The predicted octanol–water partition coefficient (Wildman–Crippen LogP) is 3.54. The zero-order chi connectivity index (χ0) is 21.6. The minimum absolute atomic E-state index is 0.0241. The van der Waals surface area contributed by atoms with E-state index in [2.05, 4.69) is 61.9 Å². The van der Waals surface area contributed by atoms with E-state index in [1.165, 1.54) is 0 Å². The van der Waals surface area contributed by atoms with Gasteiger partial charge in [0, 0.05) is 23.9 Å². The molecule has 8 nitrogen and oxygen atoms in total. The summed E-state index contributed by atoms with van der Waals surface area (Å²) in [5.74, 6) is 1.09. The van der Waals surface area contributed by atoms with Crippen molar-refractivity contribution >= 4 is 17.5 Å². The van der Waals surface area contributed by atoms with Crippen LogP contribution in [0.5, 0.6) is 0 Å². The Morgan fingerprint density at radius 1 is 1.06 bits per heavy atom. The Balaban J connectivity index is 1.56. The highest BCUT2D eigenvalue weighted by molar-refractivity contribution is 5.59. The van der Waals surface area contributed by atoms with Crippen LogP contribution in [0.2, 0.25) is 0 Å². The normalized spacial score (nSPS) is 12.1. The number of aryl methyl sites for hydroxylation is 1. The van der Waals surface area contributed by atoms with Crippen LogP contribution in [0.15, 0.2) is 54.9 Å². The zero-order valence-electron chi connectivity index (χ0n) is 17.8. The molecule has 0 spiro atoms.